The van der Waals surface area contributed by atoms with Gasteiger partial charge in [0.15, 0.2) is 3.55 Å². The molecule has 0 bridgehead atoms. The van der Waals surface area contributed by atoms with E-state index in [-0.39, 0.29) is 18.9 Å². The fraction of sp³-hybridized carbons (Fsp3) is 0.350. The van der Waals surface area contributed by atoms with Gasteiger partial charge < -0.3 is 20.6 Å². The van der Waals surface area contributed by atoms with E-state index in [0.29, 0.717) is 16.1 Å². The molecule has 0 radical (unpaired) electrons. The number of carbonyl (C=O) groups excluding carboxylic acids is 3. The van der Waals surface area contributed by atoms with E-state index in [0.717, 1.165) is 29.7 Å². The van der Waals surface area contributed by atoms with Crippen molar-refractivity contribution in [1.82, 2.24) is 10.2 Å². The predicted molar refractivity (Wildman–Crippen MR) is 128 cm³/mol. The highest BCUT2D eigenvalue weighted by Crippen LogP contribution is 2.26. The fourth-order valence-corrected chi connectivity index (χ4v) is 5.00. The molecule has 0 unspecified atom stereocenters. The molecule has 3 amide bonds. The summed E-state index contributed by atoms with van der Waals surface area (Å²) in [5.41, 5.74) is 1.08. The molecule has 160 valence electrons. The molecule has 30 heavy (non-hydrogen) atoms. The van der Waals surface area contributed by atoms with Crippen LogP contribution in [0.2, 0.25) is 0 Å². The molecule has 1 aromatic carbocycles. The van der Waals surface area contributed by atoms with Crippen molar-refractivity contribution in [3.63, 3.8) is 0 Å². The van der Waals surface area contributed by atoms with Gasteiger partial charge in [0.05, 0.1) is 8.66 Å². The molecule has 1 saturated heterocycles. The van der Waals surface area contributed by atoms with Crippen LogP contribution in [0, 0.1) is 0 Å². The van der Waals surface area contributed by atoms with Crippen LogP contribution in [0.5, 0.6) is 0 Å². The van der Waals surface area contributed by atoms with Crippen LogP contribution in [-0.2, 0) is 4.79 Å². The summed E-state index contributed by atoms with van der Waals surface area (Å²) in [6, 6.07) is 10.1. The van der Waals surface area contributed by atoms with Crippen molar-refractivity contribution in [3.05, 3.63) is 50.6 Å². The van der Waals surface area contributed by atoms with Crippen molar-refractivity contribution < 1.29 is 19.5 Å². The predicted octanol–water partition coefficient (Wildman–Crippen LogP) is 3.63. The Kier molecular flexibility index (Phi) is 7.88. The average molecular weight is 606 g/mol. The van der Waals surface area contributed by atoms with E-state index in [1.807, 2.05) is 27.5 Å². The molecule has 1 atom stereocenters. The molecule has 2 aromatic rings. The SMILES string of the molecule is O=C(N[C@](I)(CCO)C(=O)Nc1ccc(C(=O)N2CCCC2)cc1)c1ccc(Br)s1. The lowest BCUT2D eigenvalue weighted by Crippen LogP contribution is -2.52. The van der Waals surface area contributed by atoms with Gasteiger partial charge in [-0.15, -0.1) is 11.3 Å². The van der Waals surface area contributed by atoms with Crippen LogP contribution < -0.4 is 10.6 Å². The maximum atomic E-state index is 12.9. The minimum absolute atomic E-state index is 0.0109. The van der Waals surface area contributed by atoms with Gasteiger partial charge in [-0.3, -0.25) is 14.4 Å². The number of aliphatic hydroxyl groups excluding tert-OH is 1. The molecular formula is C20H21BrIN3O4S. The van der Waals surface area contributed by atoms with Crippen LogP contribution in [0.15, 0.2) is 40.2 Å². The Hall–Kier alpha value is -1.50. The Labute approximate surface area is 200 Å². The van der Waals surface area contributed by atoms with E-state index in [2.05, 4.69) is 26.6 Å². The van der Waals surface area contributed by atoms with Crippen LogP contribution in [0.1, 0.15) is 39.3 Å². The van der Waals surface area contributed by atoms with E-state index >= 15 is 0 Å². The Balaban J connectivity index is 1.67. The number of carbonyl (C=O) groups is 3. The van der Waals surface area contributed by atoms with Crippen molar-refractivity contribution >= 4 is 73.3 Å². The zero-order valence-corrected chi connectivity index (χ0v) is 20.6. The zero-order chi connectivity index (χ0) is 21.7. The van der Waals surface area contributed by atoms with Crippen LogP contribution in [0.3, 0.4) is 0 Å². The molecule has 1 fully saturated rings. The number of alkyl halides is 1. The van der Waals surface area contributed by atoms with Gasteiger partial charge in [0, 0.05) is 37.4 Å². The third kappa shape index (κ3) is 5.59. The maximum absolute atomic E-state index is 12.9. The molecule has 3 rings (SSSR count). The topological polar surface area (TPSA) is 98.7 Å². The minimum Gasteiger partial charge on any atom is -0.396 e. The van der Waals surface area contributed by atoms with Crippen LogP contribution in [-0.4, -0.2) is 51.0 Å². The lowest BCUT2D eigenvalue weighted by Gasteiger charge is -2.27. The summed E-state index contributed by atoms with van der Waals surface area (Å²) >= 11 is 6.42. The van der Waals surface area contributed by atoms with Crippen molar-refractivity contribution in [1.29, 1.82) is 0 Å². The van der Waals surface area contributed by atoms with Gasteiger partial charge >= 0.3 is 0 Å². The highest BCUT2D eigenvalue weighted by atomic mass is 127. The molecule has 1 aromatic heterocycles. The molecule has 0 spiro atoms. The van der Waals surface area contributed by atoms with Gasteiger partial charge in [-0.1, -0.05) is 0 Å². The van der Waals surface area contributed by atoms with Gasteiger partial charge in [0.25, 0.3) is 17.7 Å². The molecule has 3 N–H and O–H groups in total. The van der Waals surface area contributed by atoms with Gasteiger partial charge in [0.1, 0.15) is 0 Å². The highest BCUT2D eigenvalue weighted by molar-refractivity contribution is 14.1. The number of hydrogen-bond acceptors (Lipinski definition) is 5. The first-order valence-corrected chi connectivity index (χ1v) is 12.1. The Morgan fingerprint density at radius 2 is 1.80 bits per heavy atom. The second-order valence-corrected chi connectivity index (χ2v) is 11.2. The number of halogens is 2. The fourth-order valence-electron chi connectivity index (χ4n) is 3.09. The van der Waals surface area contributed by atoms with E-state index in [1.165, 1.54) is 11.3 Å². The number of thiophene rings is 1. The number of nitrogens with one attached hydrogen (secondary N) is 2. The number of anilines is 1. The van der Waals surface area contributed by atoms with Crippen molar-refractivity contribution in [2.45, 2.75) is 22.8 Å². The van der Waals surface area contributed by atoms with E-state index in [9.17, 15) is 19.5 Å². The number of amides is 3. The summed E-state index contributed by atoms with van der Waals surface area (Å²) in [4.78, 5) is 40.1. The number of likely N-dealkylation sites (tertiary alicyclic amines) is 1. The molecular weight excluding hydrogens is 585 g/mol. The Bertz CT molecular complexity index is 930. The first kappa shape index (κ1) is 23.2. The largest absolute Gasteiger partial charge is 0.396 e. The molecule has 1 aliphatic heterocycles. The second kappa shape index (κ2) is 10.2. The number of benzene rings is 1. The summed E-state index contributed by atoms with van der Waals surface area (Å²) in [6.45, 7) is 1.28. The maximum Gasteiger partial charge on any atom is 0.262 e. The lowest BCUT2D eigenvalue weighted by atomic mass is 10.1. The average Bonchev–Trinajstić information content (AvgIpc) is 3.40. The standard InChI is InChI=1S/C20H21BrIN3O4S/c21-16-8-7-15(30-16)17(27)24-20(22,9-12-26)19(29)23-14-5-3-13(4-6-14)18(28)25-10-1-2-11-25/h3-8,26H,1-2,9-12H2,(H,23,29)(H,24,27)/t20-/m1/s1. The third-order valence-corrected chi connectivity index (χ3v) is 7.63. The zero-order valence-electron chi connectivity index (χ0n) is 16.0. The van der Waals surface area contributed by atoms with Crippen LogP contribution in [0.4, 0.5) is 5.69 Å². The normalized spacial score (nSPS) is 15.5. The van der Waals surface area contributed by atoms with Crippen molar-refractivity contribution in [2.75, 3.05) is 25.0 Å². The number of nitrogens with zero attached hydrogens (tertiary/aromatic N) is 1. The molecule has 7 nitrogen and oxygen atoms in total. The molecule has 0 aliphatic carbocycles. The highest BCUT2D eigenvalue weighted by Gasteiger charge is 2.37. The quantitative estimate of drug-likeness (QED) is 0.255. The van der Waals surface area contributed by atoms with Crippen LogP contribution in [0.25, 0.3) is 0 Å². The van der Waals surface area contributed by atoms with Gasteiger partial charge in [-0.2, -0.15) is 0 Å². The first-order chi connectivity index (χ1) is 14.3. The Morgan fingerprint density at radius 3 is 2.37 bits per heavy atom. The smallest absolute Gasteiger partial charge is 0.262 e. The van der Waals surface area contributed by atoms with Crippen molar-refractivity contribution in [2.24, 2.45) is 0 Å². The summed E-state index contributed by atoms with van der Waals surface area (Å²) in [6.07, 6.45) is 2.09. The van der Waals surface area contributed by atoms with E-state index < -0.39 is 15.4 Å². The van der Waals surface area contributed by atoms with Gasteiger partial charge in [-0.05, 0) is 87.8 Å². The Morgan fingerprint density at radius 1 is 1.13 bits per heavy atom. The van der Waals surface area contributed by atoms with Gasteiger partial charge in [0.2, 0.25) is 0 Å². The van der Waals surface area contributed by atoms with Crippen molar-refractivity contribution in [3.8, 4) is 0 Å². The number of rotatable bonds is 7. The summed E-state index contributed by atoms with van der Waals surface area (Å²) in [5, 5.41) is 14.9. The molecule has 0 saturated carbocycles. The monoisotopic (exact) mass is 605 g/mol. The summed E-state index contributed by atoms with van der Waals surface area (Å²) < 4.78 is -0.522. The van der Waals surface area contributed by atoms with E-state index in [1.54, 1.807) is 36.4 Å². The minimum atomic E-state index is -1.33. The molecule has 2 heterocycles. The third-order valence-electron chi connectivity index (χ3n) is 4.71. The van der Waals surface area contributed by atoms with E-state index in [4.69, 9.17) is 0 Å². The van der Waals surface area contributed by atoms with Gasteiger partial charge in [-0.25, -0.2) is 0 Å². The summed E-state index contributed by atoms with van der Waals surface area (Å²) in [7, 11) is 0. The molecule has 10 heteroatoms. The summed E-state index contributed by atoms with van der Waals surface area (Å²) in [5.74, 6) is -0.863. The number of hydrogen-bond donors (Lipinski definition) is 3. The number of aliphatic hydroxyl groups is 1. The second-order valence-electron chi connectivity index (χ2n) is 6.86. The lowest BCUT2D eigenvalue weighted by molar-refractivity contribution is -0.118. The first-order valence-electron chi connectivity index (χ1n) is 9.41. The molecule has 1 aliphatic rings. The van der Waals surface area contributed by atoms with Crippen LogP contribution >= 0.6 is 49.9 Å².